The minimum atomic E-state index is -2.56. The van der Waals surface area contributed by atoms with E-state index in [0.29, 0.717) is 32.3 Å². The van der Waals surface area contributed by atoms with Crippen LogP contribution in [-0.4, -0.2) is 61.0 Å². The molecule has 0 fully saturated rings. The molecule has 9 nitrogen and oxygen atoms in total. The van der Waals surface area contributed by atoms with Gasteiger partial charge in [-0.2, -0.15) is 0 Å². The zero-order valence-corrected chi connectivity index (χ0v) is 13.2. The Morgan fingerprint density at radius 1 is 0.900 bits per heavy atom. The molecule has 0 radical (unpaired) electrons. The van der Waals surface area contributed by atoms with Gasteiger partial charge in [-0.1, -0.05) is 10.2 Å². The van der Waals surface area contributed by atoms with Crippen molar-refractivity contribution >= 4 is 14.8 Å². The van der Waals surface area contributed by atoms with Crippen LogP contribution >= 0.6 is 0 Å². The molecule has 114 valence electrons. The smallest absolute Gasteiger partial charge is 0.374 e. The van der Waals surface area contributed by atoms with Crippen LogP contribution in [0.3, 0.4) is 0 Å². The standard InChI is InChI=1S/C10H22N6O3Si/c1-4-17-20(18-5-2,19-6-3)9-7-8-11-10-12-14-16-15-13-10/h4-9H2,1-3H3,(H,11,12,13,16). The predicted octanol–water partition coefficient (Wildman–Crippen LogP) is 0.512. The summed E-state index contributed by atoms with van der Waals surface area (Å²) >= 11 is 0. The molecule has 0 aliphatic carbocycles. The molecule has 0 aliphatic rings. The molecular weight excluding hydrogens is 280 g/mol. The van der Waals surface area contributed by atoms with E-state index in [4.69, 9.17) is 13.3 Å². The Morgan fingerprint density at radius 3 is 1.95 bits per heavy atom. The van der Waals surface area contributed by atoms with Gasteiger partial charge in [0.25, 0.3) is 5.95 Å². The lowest BCUT2D eigenvalue weighted by molar-refractivity contribution is 0.0710. The monoisotopic (exact) mass is 302 g/mol. The first-order valence-corrected chi connectivity index (χ1v) is 8.74. The predicted molar refractivity (Wildman–Crippen MR) is 74.0 cm³/mol. The topological polar surface area (TPSA) is 104 Å². The summed E-state index contributed by atoms with van der Waals surface area (Å²) in [7, 11) is -2.56. The first-order valence-electron chi connectivity index (χ1n) is 6.80. The third kappa shape index (κ3) is 5.82. The SMILES string of the molecule is CCO[Si](CCCNc1nnnnn1)(OCC)OCC. The maximum atomic E-state index is 5.76. The second-order valence-corrected chi connectivity index (χ2v) is 6.54. The van der Waals surface area contributed by atoms with Gasteiger partial charge in [0.05, 0.1) is 0 Å². The van der Waals surface area contributed by atoms with Crippen LogP contribution in [0.5, 0.6) is 0 Å². The van der Waals surface area contributed by atoms with Gasteiger partial charge in [-0.3, -0.25) is 0 Å². The molecule has 0 saturated carbocycles. The molecule has 0 saturated heterocycles. The van der Waals surface area contributed by atoms with Gasteiger partial charge in [0.1, 0.15) is 0 Å². The van der Waals surface area contributed by atoms with Crippen LogP contribution in [0.25, 0.3) is 0 Å². The molecule has 1 aromatic heterocycles. The Kier molecular flexibility index (Phi) is 8.10. The molecule has 1 heterocycles. The van der Waals surface area contributed by atoms with Gasteiger partial charge in [0.15, 0.2) is 0 Å². The van der Waals surface area contributed by atoms with E-state index in [1.807, 2.05) is 20.8 Å². The van der Waals surface area contributed by atoms with Gasteiger partial charge in [0, 0.05) is 32.4 Å². The van der Waals surface area contributed by atoms with E-state index in [0.717, 1.165) is 12.5 Å². The van der Waals surface area contributed by atoms with Gasteiger partial charge in [-0.05, 0) is 42.8 Å². The van der Waals surface area contributed by atoms with Crippen molar-refractivity contribution in [2.24, 2.45) is 0 Å². The minimum Gasteiger partial charge on any atom is -0.374 e. The van der Waals surface area contributed by atoms with E-state index in [2.05, 4.69) is 31.2 Å². The summed E-state index contributed by atoms with van der Waals surface area (Å²) in [5.74, 6) is 0.358. The summed E-state index contributed by atoms with van der Waals surface area (Å²) in [5.41, 5.74) is 0. The second kappa shape index (κ2) is 9.64. The Balaban J connectivity index is 2.40. The van der Waals surface area contributed by atoms with Crippen LogP contribution in [0.2, 0.25) is 6.04 Å². The summed E-state index contributed by atoms with van der Waals surface area (Å²) in [5, 5.41) is 20.5. The minimum absolute atomic E-state index is 0.358. The Bertz CT molecular complexity index is 341. The average Bonchev–Trinajstić information content (AvgIpc) is 2.46. The zero-order valence-electron chi connectivity index (χ0n) is 12.2. The van der Waals surface area contributed by atoms with Crippen LogP contribution < -0.4 is 5.32 Å². The number of anilines is 1. The fourth-order valence-electron chi connectivity index (χ4n) is 1.74. The lowest BCUT2D eigenvalue weighted by atomic mass is 10.5. The highest BCUT2D eigenvalue weighted by atomic mass is 28.4. The molecule has 0 aliphatic heterocycles. The molecule has 0 amide bonds. The van der Waals surface area contributed by atoms with E-state index in [-0.39, 0.29) is 0 Å². The van der Waals surface area contributed by atoms with Crippen molar-refractivity contribution in [2.75, 3.05) is 31.7 Å². The Hall–Kier alpha value is -1.23. The summed E-state index contributed by atoms with van der Waals surface area (Å²) in [6, 6.07) is 0.738. The quantitative estimate of drug-likeness (QED) is 0.462. The first-order chi connectivity index (χ1) is 9.76. The van der Waals surface area contributed by atoms with Gasteiger partial charge in [-0.15, -0.1) is 0 Å². The van der Waals surface area contributed by atoms with E-state index in [9.17, 15) is 0 Å². The normalized spacial score (nSPS) is 11.6. The molecule has 20 heavy (non-hydrogen) atoms. The molecule has 0 unspecified atom stereocenters. The molecule has 1 aromatic rings. The summed E-state index contributed by atoms with van der Waals surface area (Å²) in [6.07, 6.45) is 0.817. The van der Waals surface area contributed by atoms with Crippen molar-refractivity contribution in [3.63, 3.8) is 0 Å². The van der Waals surface area contributed by atoms with E-state index >= 15 is 0 Å². The second-order valence-electron chi connectivity index (χ2n) is 3.80. The third-order valence-corrected chi connectivity index (χ3v) is 5.55. The number of nitrogens with zero attached hydrogens (tertiary/aromatic N) is 5. The third-order valence-electron chi connectivity index (χ3n) is 2.39. The molecule has 10 heteroatoms. The summed E-state index contributed by atoms with van der Waals surface area (Å²) in [6.45, 7) is 8.25. The number of nitrogens with one attached hydrogen (secondary N) is 1. The summed E-state index contributed by atoms with van der Waals surface area (Å²) in [4.78, 5) is 0. The number of aromatic nitrogens is 5. The van der Waals surface area contributed by atoms with Crippen molar-refractivity contribution in [3.05, 3.63) is 0 Å². The highest BCUT2D eigenvalue weighted by Gasteiger charge is 2.39. The number of rotatable bonds is 11. The zero-order chi connectivity index (χ0) is 14.7. The van der Waals surface area contributed by atoms with Crippen molar-refractivity contribution < 1.29 is 13.3 Å². The van der Waals surface area contributed by atoms with Crippen LogP contribution in [0, 0.1) is 0 Å². The van der Waals surface area contributed by atoms with Crippen molar-refractivity contribution in [1.29, 1.82) is 0 Å². The maximum absolute atomic E-state index is 5.76. The molecule has 0 bridgehead atoms. The summed E-state index contributed by atoms with van der Waals surface area (Å²) < 4.78 is 17.3. The van der Waals surface area contributed by atoms with Crippen molar-refractivity contribution in [2.45, 2.75) is 33.2 Å². The maximum Gasteiger partial charge on any atom is 0.500 e. The van der Waals surface area contributed by atoms with Crippen LogP contribution in [0.15, 0.2) is 0 Å². The van der Waals surface area contributed by atoms with Crippen molar-refractivity contribution in [1.82, 2.24) is 25.8 Å². The Morgan fingerprint density at radius 2 is 1.45 bits per heavy atom. The van der Waals surface area contributed by atoms with Gasteiger partial charge in [0.2, 0.25) is 0 Å². The first kappa shape index (κ1) is 16.8. The fraction of sp³-hybridized carbons (Fsp3) is 0.900. The van der Waals surface area contributed by atoms with E-state index in [1.54, 1.807) is 0 Å². The molecule has 1 N–H and O–H groups in total. The van der Waals surface area contributed by atoms with Crippen LogP contribution in [0.4, 0.5) is 5.95 Å². The largest absolute Gasteiger partial charge is 0.500 e. The Labute approximate surface area is 119 Å². The molecular formula is C10H22N6O3Si. The molecule has 0 spiro atoms. The highest BCUT2D eigenvalue weighted by Crippen LogP contribution is 2.18. The van der Waals surface area contributed by atoms with E-state index in [1.165, 1.54) is 0 Å². The van der Waals surface area contributed by atoms with Crippen molar-refractivity contribution in [3.8, 4) is 0 Å². The van der Waals surface area contributed by atoms with Crippen LogP contribution in [-0.2, 0) is 13.3 Å². The van der Waals surface area contributed by atoms with Gasteiger partial charge < -0.3 is 18.6 Å². The van der Waals surface area contributed by atoms with Gasteiger partial charge >= 0.3 is 8.80 Å². The lowest BCUT2D eigenvalue weighted by Gasteiger charge is -2.28. The van der Waals surface area contributed by atoms with Crippen LogP contribution in [0.1, 0.15) is 27.2 Å². The van der Waals surface area contributed by atoms with Gasteiger partial charge in [-0.25, -0.2) is 0 Å². The average molecular weight is 302 g/mol. The number of hydrogen-bond donors (Lipinski definition) is 1. The molecule has 0 atom stereocenters. The number of hydrogen-bond acceptors (Lipinski definition) is 9. The molecule has 0 aromatic carbocycles. The fourth-order valence-corrected chi connectivity index (χ4v) is 4.35. The highest BCUT2D eigenvalue weighted by molar-refractivity contribution is 6.60. The molecule has 1 rings (SSSR count). The van der Waals surface area contributed by atoms with E-state index < -0.39 is 8.80 Å². The lowest BCUT2D eigenvalue weighted by Crippen LogP contribution is -2.46.